The largest absolute Gasteiger partial charge is 0.192 e. The molecule has 0 fully saturated rings. The summed E-state index contributed by atoms with van der Waals surface area (Å²) in [5.74, 6) is 0. The molecule has 0 N–H and O–H groups in total. The van der Waals surface area contributed by atoms with Gasteiger partial charge in [-0.05, 0) is 50.1 Å². The van der Waals surface area contributed by atoms with Gasteiger partial charge in [-0.25, -0.2) is 0 Å². The van der Waals surface area contributed by atoms with Gasteiger partial charge >= 0.3 is 0 Å². The molecule has 1 aromatic heterocycles. The molecular formula is C37H25NSSi. The van der Waals surface area contributed by atoms with Gasteiger partial charge in [0.2, 0.25) is 0 Å². The quantitative estimate of drug-likeness (QED) is 0.170. The van der Waals surface area contributed by atoms with E-state index in [1.807, 2.05) is 29.5 Å². The number of benzene rings is 6. The monoisotopic (exact) mass is 543 g/mol. The van der Waals surface area contributed by atoms with E-state index in [1.165, 1.54) is 40.9 Å². The summed E-state index contributed by atoms with van der Waals surface area (Å²) >= 11 is 1.86. The Balaban J connectivity index is 1.59. The van der Waals surface area contributed by atoms with Gasteiger partial charge in [-0.2, -0.15) is 5.26 Å². The van der Waals surface area contributed by atoms with Gasteiger partial charge < -0.3 is 0 Å². The Labute approximate surface area is 239 Å². The molecule has 0 bridgehead atoms. The Morgan fingerprint density at radius 2 is 1.07 bits per heavy atom. The molecule has 0 radical (unpaired) electrons. The van der Waals surface area contributed by atoms with Gasteiger partial charge in [-0.15, -0.1) is 11.3 Å². The first-order chi connectivity index (χ1) is 19.8. The molecule has 0 saturated heterocycles. The first kappa shape index (κ1) is 24.3. The molecule has 3 heteroatoms. The fourth-order valence-corrected chi connectivity index (χ4v) is 12.0. The van der Waals surface area contributed by atoms with Crippen molar-refractivity contribution in [1.29, 1.82) is 5.26 Å². The number of nitriles is 1. The van der Waals surface area contributed by atoms with Crippen LogP contribution in [0.2, 0.25) is 0 Å². The van der Waals surface area contributed by atoms with Crippen molar-refractivity contribution in [2.75, 3.05) is 0 Å². The Kier molecular flexibility index (Phi) is 6.13. The predicted molar refractivity (Wildman–Crippen MR) is 173 cm³/mol. The molecule has 6 aromatic carbocycles. The zero-order chi connectivity index (χ0) is 26.9. The first-order valence-corrected chi connectivity index (χ1v) is 16.2. The lowest BCUT2D eigenvalue weighted by Crippen LogP contribution is -2.74. The molecule has 1 heterocycles. The molecule has 0 unspecified atom stereocenters. The second kappa shape index (κ2) is 10.1. The molecule has 0 atom stereocenters. The molecule has 0 spiro atoms. The van der Waals surface area contributed by atoms with E-state index in [1.54, 1.807) is 0 Å². The van der Waals surface area contributed by atoms with Gasteiger partial charge in [0, 0.05) is 20.2 Å². The molecule has 0 amide bonds. The molecule has 7 aromatic rings. The topological polar surface area (TPSA) is 23.8 Å². The van der Waals surface area contributed by atoms with Crippen LogP contribution < -0.4 is 20.7 Å². The maximum absolute atomic E-state index is 9.87. The highest BCUT2D eigenvalue weighted by molar-refractivity contribution is 7.26. The summed E-state index contributed by atoms with van der Waals surface area (Å²) in [4.78, 5) is 0. The second-order valence-electron chi connectivity index (χ2n) is 10.0. The lowest BCUT2D eigenvalue weighted by atomic mass is 10.0. The minimum absolute atomic E-state index is 0.692. The summed E-state index contributed by atoms with van der Waals surface area (Å²) in [6.07, 6.45) is 0. The highest BCUT2D eigenvalue weighted by atomic mass is 32.1. The molecule has 0 aliphatic rings. The average Bonchev–Trinajstić information content (AvgIpc) is 3.41. The summed E-state index contributed by atoms with van der Waals surface area (Å²) < 4.78 is 2.63. The number of nitrogens with zero attached hydrogens (tertiary/aromatic N) is 1. The van der Waals surface area contributed by atoms with E-state index in [2.05, 4.69) is 140 Å². The van der Waals surface area contributed by atoms with Crippen molar-refractivity contribution in [2.45, 2.75) is 0 Å². The maximum Gasteiger partial charge on any atom is 0.179 e. The minimum Gasteiger partial charge on any atom is -0.192 e. The van der Waals surface area contributed by atoms with Crippen molar-refractivity contribution in [3.8, 4) is 17.2 Å². The van der Waals surface area contributed by atoms with Crippen molar-refractivity contribution in [2.24, 2.45) is 0 Å². The fraction of sp³-hybridized carbons (Fsp3) is 0. The van der Waals surface area contributed by atoms with Gasteiger partial charge in [-0.1, -0.05) is 133 Å². The van der Waals surface area contributed by atoms with Crippen LogP contribution in [0.3, 0.4) is 0 Å². The molecule has 7 rings (SSSR count). The zero-order valence-electron chi connectivity index (χ0n) is 21.8. The molecule has 0 saturated carbocycles. The Morgan fingerprint density at radius 1 is 0.475 bits per heavy atom. The van der Waals surface area contributed by atoms with E-state index in [0.717, 1.165) is 11.1 Å². The standard InChI is InChI=1S/C37H25NSSi/c38-26-28-12-7-8-19-33(28)27-13-11-18-31(24-27)40(29-14-3-1-4-15-29,30-16-5-2-6-17-30)32-22-23-37-35(25-32)34-20-9-10-21-36(34)39-37/h1-25H. The van der Waals surface area contributed by atoms with E-state index in [0.29, 0.717) is 5.56 Å². The normalized spacial score (nSPS) is 11.5. The molecular weight excluding hydrogens is 519 g/mol. The van der Waals surface area contributed by atoms with Crippen molar-refractivity contribution in [3.05, 3.63) is 157 Å². The number of rotatable bonds is 5. The van der Waals surface area contributed by atoms with Crippen LogP contribution >= 0.6 is 11.3 Å². The van der Waals surface area contributed by atoms with Crippen LogP contribution in [0.4, 0.5) is 0 Å². The number of hydrogen-bond donors (Lipinski definition) is 0. The Morgan fingerprint density at radius 3 is 1.82 bits per heavy atom. The average molecular weight is 544 g/mol. The van der Waals surface area contributed by atoms with Crippen molar-refractivity contribution >= 4 is 60.3 Å². The van der Waals surface area contributed by atoms with E-state index in [4.69, 9.17) is 0 Å². The predicted octanol–water partition coefficient (Wildman–Crippen LogP) is 6.97. The highest BCUT2D eigenvalue weighted by Gasteiger charge is 2.41. The SMILES string of the molecule is N#Cc1ccccc1-c1cccc([Si](c2ccccc2)(c2ccccc2)c2ccc3sc4ccccc4c3c2)c1. The minimum atomic E-state index is -2.75. The van der Waals surface area contributed by atoms with Gasteiger partial charge in [-0.3, -0.25) is 0 Å². The Bertz CT molecular complexity index is 1980. The highest BCUT2D eigenvalue weighted by Crippen LogP contribution is 2.33. The zero-order valence-corrected chi connectivity index (χ0v) is 23.6. The summed E-state index contributed by atoms with van der Waals surface area (Å²) in [6, 6.07) is 57.1. The third kappa shape index (κ3) is 3.89. The van der Waals surface area contributed by atoms with Crippen LogP contribution in [0.5, 0.6) is 0 Å². The van der Waals surface area contributed by atoms with Crippen molar-refractivity contribution in [3.63, 3.8) is 0 Å². The lowest BCUT2D eigenvalue weighted by Gasteiger charge is -2.35. The lowest BCUT2D eigenvalue weighted by molar-refractivity contribution is 1.48. The van der Waals surface area contributed by atoms with Crippen molar-refractivity contribution < 1.29 is 0 Å². The summed E-state index contributed by atoms with van der Waals surface area (Å²) in [7, 11) is -2.75. The molecule has 0 aliphatic carbocycles. The number of thiophene rings is 1. The van der Waals surface area contributed by atoms with E-state index >= 15 is 0 Å². The Hall–Kier alpha value is -4.75. The van der Waals surface area contributed by atoms with Crippen LogP contribution in [-0.4, -0.2) is 8.07 Å². The van der Waals surface area contributed by atoms with Gasteiger partial charge in [0.1, 0.15) is 0 Å². The van der Waals surface area contributed by atoms with Gasteiger partial charge in [0.25, 0.3) is 0 Å². The fourth-order valence-electron chi connectivity index (χ4n) is 6.09. The van der Waals surface area contributed by atoms with Crippen LogP contribution in [0, 0.1) is 11.3 Å². The van der Waals surface area contributed by atoms with E-state index < -0.39 is 8.07 Å². The molecule has 40 heavy (non-hydrogen) atoms. The van der Waals surface area contributed by atoms with E-state index in [-0.39, 0.29) is 0 Å². The maximum atomic E-state index is 9.87. The van der Waals surface area contributed by atoms with Crippen LogP contribution in [0.1, 0.15) is 5.56 Å². The molecule has 188 valence electrons. The number of fused-ring (bicyclic) bond motifs is 3. The van der Waals surface area contributed by atoms with Gasteiger partial charge in [0.05, 0.1) is 11.6 Å². The second-order valence-corrected chi connectivity index (χ2v) is 14.9. The summed E-state index contributed by atoms with van der Waals surface area (Å²) in [6.45, 7) is 0. The third-order valence-corrected chi connectivity index (χ3v) is 13.8. The summed E-state index contributed by atoms with van der Waals surface area (Å²) in [5.41, 5.74) is 2.73. The van der Waals surface area contributed by atoms with E-state index in [9.17, 15) is 5.26 Å². The van der Waals surface area contributed by atoms with Crippen molar-refractivity contribution in [1.82, 2.24) is 0 Å². The molecule has 1 nitrogen and oxygen atoms in total. The third-order valence-electron chi connectivity index (χ3n) is 7.88. The summed E-state index contributed by atoms with van der Waals surface area (Å²) in [5, 5.41) is 17.8. The van der Waals surface area contributed by atoms with Crippen LogP contribution in [0.15, 0.2) is 152 Å². The number of hydrogen-bond acceptors (Lipinski definition) is 2. The van der Waals surface area contributed by atoms with Crippen LogP contribution in [0.25, 0.3) is 31.3 Å². The smallest absolute Gasteiger partial charge is 0.179 e. The first-order valence-electron chi connectivity index (χ1n) is 13.4. The van der Waals surface area contributed by atoms with Gasteiger partial charge in [0.15, 0.2) is 8.07 Å². The van der Waals surface area contributed by atoms with Crippen LogP contribution in [-0.2, 0) is 0 Å². The molecule has 0 aliphatic heterocycles.